The third-order valence-corrected chi connectivity index (χ3v) is 4.81. The van der Waals surface area contributed by atoms with Gasteiger partial charge < -0.3 is 0 Å². The number of carbonyl (C=O) groups excluding carboxylic acids is 1. The average Bonchev–Trinajstić information content (AvgIpc) is 2.59. The quantitative estimate of drug-likeness (QED) is 0.487. The Morgan fingerprint density at radius 3 is 2.67 bits per heavy atom. The van der Waals surface area contributed by atoms with Gasteiger partial charge in [0.1, 0.15) is 11.1 Å². The average molecular weight is 353 g/mol. The molecule has 0 unspecified atom stereocenters. The fourth-order valence-electron chi connectivity index (χ4n) is 2.32. The molecule has 0 aliphatic carbocycles. The number of aryl methyl sites for hydroxylation is 1. The largest absolute Gasteiger partial charge is 0.293 e. The number of nitriles is 1. The lowest BCUT2D eigenvalue weighted by Crippen LogP contribution is -2.03. The predicted octanol–water partition coefficient (Wildman–Crippen LogP) is 5.04. The topological polar surface area (TPSA) is 53.8 Å². The molecule has 0 atom stereocenters. The summed E-state index contributed by atoms with van der Waals surface area (Å²) in [4.78, 5) is 16.8. The number of halogens is 1. The van der Waals surface area contributed by atoms with E-state index >= 15 is 0 Å². The number of nitrogens with zero attached hydrogens (tertiary/aromatic N) is 2. The van der Waals surface area contributed by atoms with Crippen molar-refractivity contribution in [1.29, 1.82) is 5.26 Å². The van der Waals surface area contributed by atoms with Gasteiger partial charge in [-0.3, -0.25) is 4.79 Å². The molecule has 2 aromatic carbocycles. The molecule has 0 aliphatic heterocycles. The van der Waals surface area contributed by atoms with Crippen LogP contribution in [0.3, 0.4) is 0 Å². The summed E-state index contributed by atoms with van der Waals surface area (Å²) in [6.07, 6.45) is 0. The van der Waals surface area contributed by atoms with E-state index in [4.69, 9.17) is 11.6 Å². The first-order chi connectivity index (χ1) is 11.6. The Hall–Kier alpha value is -2.35. The summed E-state index contributed by atoms with van der Waals surface area (Å²) in [5.41, 5.74) is 3.02. The second kappa shape index (κ2) is 7.04. The Bertz CT molecular complexity index is 962. The third kappa shape index (κ3) is 3.59. The maximum atomic E-state index is 12.3. The van der Waals surface area contributed by atoms with Gasteiger partial charge >= 0.3 is 0 Å². The number of aromatic nitrogens is 1. The molecule has 0 aliphatic rings. The molecule has 0 bridgehead atoms. The van der Waals surface area contributed by atoms with Crippen molar-refractivity contribution in [3.63, 3.8) is 0 Å². The van der Waals surface area contributed by atoms with E-state index in [9.17, 15) is 10.1 Å². The molecule has 24 heavy (non-hydrogen) atoms. The van der Waals surface area contributed by atoms with Crippen LogP contribution in [0.15, 0.2) is 53.6 Å². The Morgan fingerprint density at radius 1 is 1.21 bits per heavy atom. The highest BCUT2D eigenvalue weighted by Gasteiger charge is 2.12. The lowest BCUT2D eigenvalue weighted by molar-refractivity contribution is 0.102. The van der Waals surface area contributed by atoms with E-state index < -0.39 is 0 Å². The van der Waals surface area contributed by atoms with Crippen LogP contribution in [0, 0.1) is 18.3 Å². The number of ketones is 1. The zero-order valence-electron chi connectivity index (χ0n) is 12.9. The number of thioether (sulfide) groups is 1. The number of carbonyl (C=O) groups is 1. The molecule has 0 spiro atoms. The second-order valence-corrected chi connectivity index (χ2v) is 6.77. The van der Waals surface area contributed by atoms with Gasteiger partial charge in [-0.05, 0) is 49.4 Å². The highest BCUT2D eigenvalue weighted by molar-refractivity contribution is 8.00. The highest BCUT2D eigenvalue weighted by Crippen LogP contribution is 2.26. The van der Waals surface area contributed by atoms with E-state index in [-0.39, 0.29) is 11.5 Å². The molecule has 0 fully saturated rings. The molecular formula is C19H13ClN2OS. The van der Waals surface area contributed by atoms with Gasteiger partial charge in [0.2, 0.25) is 0 Å². The van der Waals surface area contributed by atoms with Crippen LogP contribution in [0.4, 0.5) is 0 Å². The first kappa shape index (κ1) is 16.5. The molecule has 3 nitrogen and oxygen atoms in total. The molecule has 0 saturated carbocycles. The molecule has 1 aromatic heterocycles. The smallest absolute Gasteiger partial charge is 0.173 e. The predicted molar refractivity (Wildman–Crippen MR) is 97.7 cm³/mol. The number of hydrogen-bond donors (Lipinski definition) is 0. The van der Waals surface area contributed by atoms with Gasteiger partial charge in [-0.2, -0.15) is 5.26 Å². The third-order valence-electron chi connectivity index (χ3n) is 3.56. The SMILES string of the molecule is Cc1ccc2nc(SCC(=O)c3ccc(Cl)cc3)c(C#N)cc2c1. The lowest BCUT2D eigenvalue weighted by atomic mass is 10.1. The van der Waals surface area contributed by atoms with Crippen molar-refractivity contribution in [2.45, 2.75) is 11.9 Å². The summed E-state index contributed by atoms with van der Waals surface area (Å²) in [5.74, 6) is 0.201. The zero-order chi connectivity index (χ0) is 17.1. The molecular weight excluding hydrogens is 340 g/mol. The molecule has 0 amide bonds. The van der Waals surface area contributed by atoms with Crippen molar-refractivity contribution in [2.75, 3.05) is 5.75 Å². The van der Waals surface area contributed by atoms with Gasteiger partial charge in [0, 0.05) is 16.0 Å². The van der Waals surface area contributed by atoms with Crippen LogP contribution in [0.25, 0.3) is 10.9 Å². The number of rotatable bonds is 4. The Morgan fingerprint density at radius 2 is 1.96 bits per heavy atom. The van der Waals surface area contributed by atoms with Crippen molar-refractivity contribution in [3.8, 4) is 6.07 Å². The number of Topliss-reactive ketones (excluding diaryl/α,β-unsaturated/α-hetero) is 1. The lowest BCUT2D eigenvalue weighted by Gasteiger charge is -2.06. The van der Waals surface area contributed by atoms with E-state index in [1.54, 1.807) is 24.3 Å². The summed E-state index contributed by atoms with van der Waals surface area (Å²) in [6.45, 7) is 2.00. The number of pyridine rings is 1. The van der Waals surface area contributed by atoms with Crippen molar-refractivity contribution in [1.82, 2.24) is 4.98 Å². The fourth-order valence-corrected chi connectivity index (χ4v) is 3.30. The molecule has 5 heteroatoms. The molecule has 0 saturated heterocycles. The number of benzene rings is 2. The van der Waals surface area contributed by atoms with Crippen LogP contribution < -0.4 is 0 Å². The Balaban J connectivity index is 1.84. The maximum Gasteiger partial charge on any atom is 0.173 e. The normalized spacial score (nSPS) is 10.5. The van der Waals surface area contributed by atoms with Gasteiger partial charge in [-0.25, -0.2) is 4.98 Å². The first-order valence-corrected chi connectivity index (χ1v) is 8.66. The molecule has 3 aromatic rings. The number of hydrogen-bond acceptors (Lipinski definition) is 4. The molecule has 0 radical (unpaired) electrons. The van der Waals surface area contributed by atoms with E-state index in [1.807, 2.05) is 31.2 Å². The van der Waals surface area contributed by atoms with E-state index in [0.29, 0.717) is 21.2 Å². The van der Waals surface area contributed by atoms with Crippen molar-refractivity contribution < 1.29 is 4.79 Å². The van der Waals surface area contributed by atoms with Crippen molar-refractivity contribution >= 4 is 40.0 Å². The molecule has 0 N–H and O–H groups in total. The number of fused-ring (bicyclic) bond motifs is 1. The zero-order valence-corrected chi connectivity index (χ0v) is 14.5. The van der Waals surface area contributed by atoms with Gasteiger partial charge in [0.05, 0.1) is 16.8 Å². The monoisotopic (exact) mass is 352 g/mol. The second-order valence-electron chi connectivity index (χ2n) is 5.37. The van der Waals surface area contributed by atoms with Crippen molar-refractivity contribution in [3.05, 3.63) is 70.2 Å². The molecule has 118 valence electrons. The van der Waals surface area contributed by atoms with E-state index in [0.717, 1.165) is 16.5 Å². The fraction of sp³-hybridized carbons (Fsp3) is 0.105. The van der Waals surface area contributed by atoms with Crippen molar-refractivity contribution in [2.24, 2.45) is 0 Å². The molecule has 3 rings (SSSR count). The van der Waals surface area contributed by atoms with E-state index in [1.165, 1.54) is 11.8 Å². The minimum absolute atomic E-state index is 0.0219. The Kier molecular flexibility index (Phi) is 4.84. The maximum absolute atomic E-state index is 12.3. The molecule has 1 heterocycles. The van der Waals surface area contributed by atoms with Gasteiger partial charge in [-0.15, -0.1) is 0 Å². The highest BCUT2D eigenvalue weighted by atomic mass is 35.5. The minimum atomic E-state index is -0.0219. The van der Waals surface area contributed by atoms with Gasteiger partial charge in [0.25, 0.3) is 0 Å². The van der Waals surface area contributed by atoms with Crippen LogP contribution in [-0.2, 0) is 0 Å². The summed E-state index contributed by atoms with van der Waals surface area (Å²) >= 11 is 7.11. The van der Waals surface area contributed by atoms with E-state index in [2.05, 4.69) is 11.1 Å². The van der Waals surface area contributed by atoms with Crippen LogP contribution in [0.2, 0.25) is 5.02 Å². The summed E-state index contributed by atoms with van der Waals surface area (Å²) < 4.78 is 0. The summed E-state index contributed by atoms with van der Waals surface area (Å²) in [7, 11) is 0. The van der Waals surface area contributed by atoms with Crippen LogP contribution in [0.5, 0.6) is 0 Å². The van der Waals surface area contributed by atoms with Crippen LogP contribution >= 0.6 is 23.4 Å². The van der Waals surface area contributed by atoms with Crippen LogP contribution in [-0.4, -0.2) is 16.5 Å². The Labute approximate surface area is 149 Å². The first-order valence-electron chi connectivity index (χ1n) is 7.30. The minimum Gasteiger partial charge on any atom is -0.293 e. The van der Waals surface area contributed by atoms with Crippen LogP contribution in [0.1, 0.15) is 21.5 Å². The summed E-state index contributed by atoms with van der Waals surface area (Å²) in [5, 5.41) is 11.5. The standard InChI is InChI=1S/C19H13ClN2OS/c1-12-2-7-17-14(8-12)9-15(10-21)19(22-17)24-11-18(23)13-3-5-16(20)6-4-13/h2-9H,11H2,1H3. The van der Waals surface area contributed by atoms with Gasteiger partial charge in [0.15, 0.2) is 5.78 Å². The summed E-state index contributed by atoms with van der Waals surface area (Å²) in [6, 6.07) is 16.7. The van der Waals surface area contributed by atoms with Gasteiger partial charge in [-0.1, -0.05) is 35.0 Å².